The van der Waals surface area contributed by atoms with Crippen molar-refractivity contribution in [3.63, 3.8) is 0 Å². The van der Waals surface area contributed by atoms with Crippen molar-refractivity contribution >= 4 is 0 Å². The molecule has 0 atom stereocenters. The fourth-order valence-corrected chi connectivity index (χ4v) is 3.04. The minimum atomic E-state index is 0.482. The van der Waals surface area contributed by atoms with E-state index in [0.717, 1.165) is 32.7 Å². The second-order valence-corrected chi connectivity index (χ2v) is 5.21. The van der Waals surface area contributed by atoms with E-state index in [-0.39, 0.29) is 0 Å². The molecule has 16 heavy (non-hydrogen) atoms. The van der Waals surface area contributed by atoms with Crippen LogP contribution in [0, 0.1) is 17.3 Å². The van der Waals surface area contributed by atoms with Crippen LogP contribution in [-0.4, -0.2) is 37.7 Å². The molecule has 0 N–H and O–H groups in total. The van der Waals surface area contributed by atoms with Gasteiger partial charge in [-0.2, -0.15) is 0 Å². The Balaban J connectivity index is 1.89. The molecule has 1 saturated carbocycles. The van der Waals surface area contributed by atoms with Gasteiger partial charge in [-0.15, -0.1) is 11.8 Å². The molecule has 1 aliphatic heterocycles. The lowest BCUT2D eigenvalue weighted by molar-refractivity contribution is 0.0711. The van der Waals surface area contributed by atoms with Crippen LogP contribution in [0.4, 0.5) is 0 Å². The predicted molar refractivity (Wildman–Crippen MR) is 66.2 cm³/mol. The highest BCUT2D eigenvalue weighted by Gasteiger charge is 2.37. The highest BCUT2D eigenvalue weighted by atomic mass is 16.5. The summed E-state index contributed by atoms with van der Waals surface area (Å²) in [4.78, 5) is 2.56. The van der Waals surface area contributed by atoms with Gasteiger partial charge >= 0.3 is 0 Å². The molecule has 0 aromatic heterocycles. The normalized spacial score (nSPS) is 25.1. The molecule has 90 valence electrons. The molecular formula is C14H23NO. The molecule has 2 nitrogen and oxygen atoms in total. The second kappa shape index (κ2) is 5.70. The maximum atomic E-state index is 5.79. The maximum absolute atomic E-state index is 5.79. The standard InChI is InChI=1S/C14H23NO/c1-2-3-6-9-15-10-11-16-13-14(12-15)7-4-5-8-14/h4-13H2,1H3. The maximum Gasteiger partial charge on any atom is 0.0593 e. The van der Waals surface area contributed by atoms with Gasteiger partial charge in [-0.1, -0.05) is 12.8 Å². The first-order valence-corrected chi connectivity index (χ1v) is 6.54. The highest BCUT2D eigenvalue weighted by Crippen LogP contribution is 2.39. The third-order valence-corrected chi connectivity index (χ3v) is 3.91. The quantitative estimate of drug-likeness (QED) is 0.663. The topological polar surface area (TPSA) is 12.5 Å². The van der Waals surface area contributed by atoms with Gasteiger partial charge in [0.15, 0.2) is 0 Å². The van der Waals surface area contributed by atoms with Crippen molar-refractivity contribution in [2.75, 3.05) is 32.8 Å². The number of nitrogens with zero attached hydrogens (tertiary/aromatic N) is 1. The van der Waals surface area contributed by atoms with Crippen molar-refractivity contribution < 1.29 is 4.74 Å². The third kappa shape index (κ3) is 2.99. The Labute approximate surface area is 99.3 Å². The van der Waals surface area contributed by atoms with Gasteiger partial charge in [0.2, 0.25) is 0 Å². The first kappa shape index (κ1) is 12.0. The van der Waals surface area contributed by atoms with Crippen LogP contribution in [0.2, 0.25) is 0 Å². The van der Waals surface area contributed by atoms with E-state index in [4.69, 9.17) is 4.74 Å². The third-order valence-electron chi connectivity index (χ3n) is 3.91. The average molecular weight is 221 g/mol. The molecule has 0 radical (unpaired) electrons. The van der Waals surface area contributed by atoms with Gasteiger partial charge in [-0.25, -0.2) is 0 Å². The molecule has 1 spiro atoms. The van der Waals surface area contributed by atoms with Crippen LogP contribution in [0.1, 0.15) is 39.0 Å². The summed E-state index contributed by atoms with van der Waals surface area (Å²) in [6, 6.07) is 0. The van der Waals surface area contributed by atoms with Gasteiger partial charge in [0.05, 0.1) is 13.2 Å². The minimum absolute atomic E-state index is 0.482. The summed E-state index contributed by atoms with van der Waals surface area (Å²) in [5.74, 6) is 6.14. The lowest BCUT2D eigenvalue weighted by Crippen LogP contribution is -2.37. The van der Waals surface area contributed by atoms with Crippen LogP contribution >= 0.6 is 0 Å². The van der Waals surface area contributed by atoms with Crippen molar-refractivity contribution in [2.45, 2.75) is 39.0 Å². The SMILES string of the molecule is CC#CCCN1CCOCC2(CCCC2)C1. The molecule has 2 heteroatoms. The van der Waals surface area contributed by atoms with E-state index in [1.54, 1.807) is 0 Å². The summed E-state index contributed by atoms with van der Waals surface area (Å²) in [5, 5.41) is 0. The summed E-state index contributed by atoms with van der Waals surface area (Å²) >= 11 is 0. The Hall–Kier alpha value is -0.520. The largest absolute Gasteiger partial charge is 0.379 e. The molecule has 1 saturated heterocycles. The molecule has 0 bridgehead atoms. The number of hydrogen-bond acceptors (Lipinski definition) is 2. The van der Waals surface area contributed by atoms with Crippen LogP contribution in [0.15, 0.2) is 0 Å². The van der Waals surface area contributed by atoms with E-state index >= 15 is 0 Å². The Bertz CT molecular complexity index is 270. The van der Waals surface area contributed by atoms with E-state index < -0.39 is 0 Å². The minimum Gasteiger partial charge on any atom is -0.379 e. The van der Waals surface area contributed by atoms with Gasteiger partial charge < -0.3 is 4.74 Å². The number of ether oxygens (including phenoxy) is 1. The van der Waals surface area contributed by atoms with Crippen LogP contribution in [0.25, 0.3) is 0 Å². The molecule has 0 aromatic carbocycles. The molecular weight excluding hydrogens is 198 g/mol. The fourth-order valence-electron chi connectivity index (χ4n) is 3.04. The van der Waals surface area contributed by atoms with Gasteiger partial charge in [0.1, 0.15) is 0 Å². The smallest absolute Gasteiger partial charge is 0.0593 e. The Morgan fingerprint density at radius 1 is 1.31 bits per heavy atom. The molecule has 2 aliphatic rings. The lowest BCUT2D eigenvalue weighted by atomic mass is 9.87. The molecule has 2 rings (SSSR count). The molecule has 1 aliphatic carbocycles. The van der Waals surface area contributed by atoms with Gasteiger partial charge in [-0.3, -0.25) is 4.90 Å². The summed E-state index contributed by atoms with van der Waals surface area (Å²) in [5.41, 5.74) is 0.482. The van der Waals surface area contributed by atoms with Crippen LogP contribution in [0.3, 0.4) is 0 Å². The fraction of sp³-hybridized carbons (Fsp3) is 0.857. The van der Waals surface area contributed by atoms with Crippen LogP contribution in [-0.2, 0) is 4.74 Å². The first-order valence-electron chi connectivity index (χ1n) is 6.54. The summed E-state index contributed by atoms with van der Waals surface area (Å²) in [6.45, 7) is 7.26. The van der Waals surface area contributed by atoms with Crippen molar-refractivity contribution in [3.05, 3.63) is 0 Å². The zero-order valence-corrected chi connectivity index (χ0v) is 10.4. The number of rotatable bonds is 2. The molecule has 0 unspecified atom stereocenters. The van der Waals surface area contributed by atoms with Gasteiger partial charge in [-0.05, 0) is 19.8 Å². The highest BCUT2D eigenvalue weighted by molar-refractivity contribution is 4.96. The van der Waals surface area contributed by atoms with E-state index in [2.05, 4.69) is 16.7 Å². The first-order chi connectivity index (χ1) is 7.85. The summed E-state index contributed by atoms with van der Waals surface area (Å²) in [6.07, 6.45) is 6.52. The van der Waals surface area contributed by atoms with Crippen molar-refractivity contribution in [3.8, 4) is 11.8 Å². The summed E-state index contributed by atoms with van der Waals surface area (Å²) in [7, 11) is 0. The van der Waals surface area contributed by atoms with Crippen molar-refractivity contribution in [1.82, 2.24) is 4.90 Å². The van der Waals surface area contributed by atoms with E-state index in [0.29, 0.717) is 5.41 Å². The average Bonchev–Trinajstić information content (AvgIpc) is 2.63. The van der Waals surface area contributed by atoms with Crippen molar-refractivity contribution in [1.29, 1.82) is 0 Å². The van der Waals surface area contributed by atoms with E-state index in [1.165, 1.54) is 32.2 Å². The second-order valence-electron chi connectivity index (χ2n) is 5.21. The molecule has 2 fully saturated rings. The molecule has 0 amide bonds. The van der Waals surface area contributed by atoms with E-state index in [9.17, 15) is 0 Å². The Kier molecular flexibility index (Phi) is 4.26. The van der Waals surface area contributed by atoms with Crippen LogP contribution < -0.4 is 0 Å². The zero-order chi connectivity index (χ0) is 11.3. The predicted octanol–water partition coefficient (Wildman–Crippen LogP) is 2.29. The van der Waals surface area contributed by atoms with Crippen LogP contribution in [0.5, 0.6) is 0 Å². The van der Waals surface area contributed by atoms with Gasteiger partial charge in [0, 0.05) is 31.5 Å². The monoisotopic (exact) mass is 221 g/mol. The molecule has 1 heterocycles. The Morgan fingerprint density at radius 2 is 2.12 bits per heavy atom. The lowest BCUT2D eigenvalue weighted by Gasteiger charge is -2.31. The number of hydrogen-bond donors (Lipinski definition) is 0. The molecule has 0 aromatic rings. The Morgan fingerprint density at radius 3 is 2.88 bits per heavy atom. The summed E-state index contributed by atoms with van der Waals surface area (Å²) < 4.78 is 5.79. The van der Waals surface area contributed by atoms with E-state index in [1.807, 2.05) is 6.92 Å². The van der Waals surface area contributed by atoms with Gasteiger partial charge in [0.25, 0.3) is 0 Å². The zero-order valence-electron chi connectivity index (χ0n) is 10.4. The van der Waals surface area contributed by atoms with Crippen molar-refractivity contribution in [2.24, 2.45) is 5.41 Å².